The zero-order chi connectivity index (χ0) is 22.0. The molecule has 3 aromatic rings. The second-order valence-corrected chi connectivity index (χ2v) is 9.86. The van der Waals surface area contributed by atoms with E-state index >= 15 is 0 Å². The van der Waals surface area contributed by atoms with Crippen LogP contribution in [0.15, 0.2) is 36.5 Å². The molecule has 1 saturated carbocycles. The molecule has 0 bridgehead atoms. The van der Waals surface area contributed by atoms with Crippen LogP contribution in [0.2, 0.25) is 0 Å². The fourth-order valence-electron chi connectivity index (χ4n) is 4.45. The summed E-state index contributed by atoms with van der Waals surface area (Å²) in [6.07, 6.45) is 5.94. The smallest absolute Gasteiger partial charge is 0.253 e. The molecule has 2 aromatic heterocycles. The minimum Gasteiger partial charge on any atom is -0.348 e. The van der Waals surface area contributed by atoms with E-state index in [1.165, 1.54) is 4.70 Å². The van der Waals surface area contributed by atoms with Gasteiger partial charge in [-0.3, -0.25) is 9.59 Å². The van der Waals surface area contributed by atoms with E-state index in [-0.39, 0.29) is 23.8 Å². The summed E-state index contributed by atoms with van der Waals surface area (Å²) in [7, 11) is 0. The van der Waals surface area contributed by atoms with Crippen LogP contribution in [0, 0.1) is 23.2 Å². The Morgan fingerprint density at radius 3 is 2.81 bits per heavy atom. The van der Waals surface area contributed by atoms with E-state index in [1.54, 1.807) is 11.3 Å². The fraction of sp³-hybridized carbons (Fsp3) is 0.458. The number of hydrogen-bond acceptors (Lipinski definition) is 4. The van der Waals surface area contributed by atoms with E-state index < -0.39 is 6.04 Å². The summed E-state index contributed by atoms with van der Waals surface area (Å²) in [5.41, 5.74) is 1.70. The number of carbonyl (C=O) groups excluding carboxylic acids is 2. The predicted octanol–water partition coefficient (Wildman–Crippen LogP) is 4.50. The maximum Gasteiger partial charge on any atom is 0.253 e. The molecule has 162 valence electrons. The Morgan fingerprint density at radius 2 is 2.03 bits per heavy atom. The van der Waals surface area contributed by atoms with E-state index in [9.17, 15) is 14.9 Å². The van der Waals surface area contributed by atoms with Gasteiger partial charge in [0.25, 0.3) is 5.91 Å². The van der Waals surface area contributed by atoms with Gasteiger partial charge in [-0.1, -0.05) is 38.8 Å². The molecular weight excluding hydrogens is 408 g/mol. The summed E-state index contributed by atoms with van der Waals surface area (Å²) in [4.78, 5) is 26.9. The molecule has 1 aliphatic rings. The molecule has 2 amide bonds. The quantitative estimate of drug-likeness (QED) is 0.597. The summed E-state index contributed by atoms with van der Waals surface area (Å²) < 4.78 is 3.23. The highest BCUT2D eigenvalue weighted by molar-refractivity contribution is 7.24. The number of amides is 2. The second kappa shape index (κ2) is 9.11. The van der Waals surface area contributed by atoms with Crippen LogP contribution in [-0.4, -0.2) is 28.3 Å². The number of nitrogens with zero attached hydrogens (tertiary/aromatic N) is 2. The summed E-state index contributed by atoms with van der Waals surface area (Å²) in [6, 6.07) is 11.5. The Kier molecular flexibility index (Phi) is 6.28. The fourth-order valence-corrected chi connectivity index (χ4v) is 5.53. The molecule has 1 aliphatic carbocycles. The lowest BCUT2D eigenvalue weighted by molar-refractivity contribution is -0.127. The summed E-state index contributed by atoms with van der Waals surface area (Å²) in [6.45, 7) is 4.07. The molecule has 6 nitrogen and oxygen atoms in total. The van der Waals surface area contributed by atoms with Gasteiger partial charge in [-0.15, -0.1) is 11.3 Å². The van der Waals surface area contributed by atoms with Crippen LogP contribution in [-0.2, 0) is 4.79 Å². The minimum atomic E-state index is -0.489. The van der Waals surface area contributed by atoms with Crippen LogP contribution < -0.4 is 10.6 Å². The van der Waals surface area contributed by atoms with Crippen molar-refractivity contribution in [2.24, 2.45) is 11.8 Å². The second-order valence-electron chi connectivity index (χ2n) is 8.80. The number of para-hydroxylation sites is 1. The number of nitriles is 1. The first-order valence-electron chi connectivity index (χ1n) is 11.0. The van der Waals surface area contributed by atoms with Crippen molar-refractivity contribution < 1.29 is 9.59 Å². The lowest BCUT2D eigenvalue weighted by atomic mass is 9.83. The summed E-state index contributed by atoms with van der Waals surface area (Å²) in [5, 5.41) is 15.4. The summed E-state index contributed by atoms with van der Waals surface area (Å²) in [5.74, 6) is -0.248. The van der Waals surface area contributed by atoms with Gasteiger partial charge < -0.3 is 15.0 Å². The normalized spacial score (nSPS) is 19.9. The first kappa shape index (κ1) is 21.4. The molecule has 0 spiro atoms. The van der Waals surface area contributed by atoms with Crippen molar-refractivity contribution in [2.75, 3.05) is 0 Å². The first-order chi connectivity index (χ1) is 15.0. The minimum absolute atomic E-state index is 0.124. The largest absolute Gasteiger partial charge is 0.348 e. The van der Waals surface area contributed by atoms with Crippen LogP contribution in [0.1, 0.15) is 56.3 Å². The molecule has 3 atom stereocenters. The number of rotatable bonds is 6. The van der Waals surface area contributed by atoms with E-state index in [0.29, 0.717) is 17.9 Å². The number of aromatic nitrogens is 1. The topological polar surface area (TPSA) is 86.4 Å². The summed E-state index contributed by atoms with van der Waals surface area (Å²) >= 11 is 1.65. The first-order valence-corrected chi connectivity index (χ1v) is 11.8. The molecule has 1 fully saturated rings. The van der Waals surface area contributed by atoms with Gasteiger partial charge in [-0.25, -0.2) is 0 Å². The molecule has 2 N–H and O–H groups in total. The molecule has 0 aliphatic heterocycles. The van der Waals surface area contributed by atoms with Crippen LogP contribution >= 0.6 is 11.3 Å². The Morgan fingerprint density at radius 1 is 1.26 bits per heavy atom. The number of thiazole rings is 1. The Hall–Kier alpha value is -2.85. The van der Waals surface area contributed by atoms with Crippen LogP contribution in [0.5, 0.6) is 0 Å². The number of carbonyl (C=O) groups is 2. The number of benzene rings is 1. The van der Waals surface area contributed by atoms with Crippen LogP contribution in [0.3, 0.4) is 0 Å². The third kappa shape index (κ3) is 4.59. The molecule has 0 unspecified atom stereocenters. The molecule has 2 heterocycles. The Bertz CT molecular complexity index is 1140. The number of hydrogen-bond donors (Lipinski definition) is 2. The van der Waals surface area contributed by atoms with Crippen LogP contribution in [0.4, 0.5) is 0 Å². The van der Waals surface area contributed by atoms with Gasteiger partial charge in [0.1, 0.15) is 10.9 Å². The van der Waals surface area contributed by atoms with E-state index in [2.05, 4.69) is 22.8 Å². The maximum absolute atomic E-state index is 13.0. The highest BCUT2D eigenvalue weighted by Crippen LogP contribution is 2.29. The molecule has 1 aromatic carbocycles. The highest BCUT2D eigenvalue weighted by Gasteiger charge is 2.33. The van der Waals surface area contributed by atoms with E-state index in [0.717, 1.165) is 36.0 Å². The van der Waals surface area contributed by atoms with Crippen molar-refractivity contribution >= 4 is 38.2 Å². The Balaban J connectivity index is 1.47. The SMILES string of the molecule is CC(C)C[C@@H](C#N)NC(=O)[C@@H]1CCCC[C@@H]1NC(=O)c1cc2sc3ccccc3n2c1. The van der Waals surface area contributed by atoms with Crippen LogP contribution in [0.25, 0.3) is 15.0 Å². The van der Waals surface area contributed by atoms with Crippen molar-refractivity contribution in [2.45, 2.75) is 58.0 Å². The van der Waals surface area contributed by atoms with Gasteiger partial charge in [0.15, 0.2) is 0 Å². The lowest BCUT2D eigenvalue weighted by Gasteiger charge is -2.31. The monoisotopic (exact) mass is 436 g/mol. The standard InChI is InChI=1S/C24H28N4O2S/c1-15(2)11-17(13-25)26-24(30)18-7-3-4-8-19(18)27-23(29)16-12-22-28(14-16)20-9-5-6-10-21(20)31-22/h5-6,9-10,12,14-15,17-19H,3-4,7-8,11H2,1-2H3,(H,26,30)(H,27,29)/t17-,18+,19-/m0/s1. The van der Waals surface area contributed by atoms with Crippen molar-refractivity contribution in [1.29, 1.82) is 5.26 Å². The third-order valence-corrected chi connectivity index (χ3v) is 7.07. The van der Waals surface area contributed by atoms with Gasteiger partial charge in [0, 0.05) is 12.2 Å². The van der Waals surface area contributed by atoms with Gasteiger partial charge in [-0.05, 0) is 43.4 Å². The van der Waals surface area contributed by atoms with Crippen molar-refractivity contribution in [3.05, 3.63) is 42.1 Å². The van der Waals surface area contributed by atoms with Gasteiger partial charge in [-0.2, -0.15) is 5.26 Å². The predicted molar refractivity (Wildman–Crippen MR) is 123 cm³/mol. The Labute approximate surface area is 186 Å². The number of nitrogens with one attached hydrogen (secondary N) is 2. The zero-order valence-corrected chi connectivity index (χ0v) is 18.7. The van der Waals surface area contributed by atoms with Crippen molar-refractivity contribution in [3.8, 4) is 6.07 Å². The number of fused-ring (bicyclic) bond motifs is 3. The lowest BCUT2D eigenvalue weighted by Crippen LogP contribution is -2.50. The van der Waals surface area contributed by atoms with Gasteiger partial charge in [0.2, 0.25) is 5.91 Å². The van der Waals surface area contributed by atoms with E-state index in [4.69, 9.17) is 0 Å². The zero-order valence-electron chi connectivity index (χ0n) is 17.9. The van der Waals surface area contributed by atoms with E-state index in [1.807, 2.05) is 48.7 Å². The molecule has 0 saturated heterocycles. The molecule has 7 heteroatoms. The third-order valence-electron chi connectivity index (χ3n) is 5.98. The van der Waals surface area contributed by atoms with Gasteiger partial charge >= 0.3 is 0 Å². The average molecular weight is 437 g/mol. The van der Waals surface area contributed by atoms with Crippen molar-refractivity contribution in [1.82, 2.24) is 15.0 Å². The highest BCUT2D eigenvalue weighted by atomic mass is 32.1. The molecular formula is C24H28N4O2S. The molecule has 31 heavy (non-hydrogen) atoms. The average Bonchev–Trinajstić information content (AvgIpc) is 3.31. The maximum atomic E-state index is 13.0. The van der Waals surface area contributed by atoms with Crippen molar-refractivity contribution in [3.63, 3.8) is 0 Å². The molecule has 4 rings (SSSR count). The van der Waals surface area contributed by atoms with Gasteiger partial charge in [0.05, 0.1) is 27.8 Å². The molecule has 0 radical (unpaired) electrons.